The second kappa shape index (κ2) is 5.65. The van der Waals surface area contributed by atoms with Crippen LogP contribution >= 0.6 is 0 Å². The van der Waals surface area contributed by atoms with Gasteiger partial charge in [0, 0.05) is 13.0 Å². The van der Waals surface area contributed by atoms with Gasteiger partial charge in [-0.3, -0.25) is 4.79 Å². The highest BCUT2D eigenvalue weighted by Gasteiger charge is 2.52. The van der Waals surface area contributed by atoms with Crippen LogP contribution in [0.5, 0.6) is 0 Å². The molecule has 114 valence electrons. The van der Waals surface area contributed by atoms with Crippen molar-refractivity contribution in [3.05, 3.63) is 18.2 Å². The van der Waals surface area contributed by atoms with Gasteiger partial charge >= 0.3 is 7.12 Å². The van der Waals surface area contributed by atoms with E-state index in [9.17, 15) is 4.79 Å². The van der Waals surface area contributed by atoms with Gasteiger partial charge in [-0.25, -0.2) is 4.98 Å². The zero-order chi connectivity index (χ0) is 15.7. The van der Waals surface area contributed by atoms with Gasteiger partial charge in [0.05, 0.1) is 16.8 Å². The van der Waals surface area contributed by atoms with Crippen LogP contribution in [0.2, 0.25) is 0 Å². The van der Waals surface area contributed by atoms with Crippen molar-refractivity contribution >= 4 is 24.4 Å². The lowest BCUT2D eigenvalue weighted by molar-refractivity contribution is -0.117. The van der Waals surface area contributed by atoms with Gasteiger partial charge in [-0.15, -0.1) is 0 Å². The topological polar surface area (TPSA) is 86.5 Å². The largest absolute Gasteiger partial charge is 0.514 e. The number of hydrogen-bond acceptors (Lipinski definition) is 5. The van der Waals surface area contributed by atoms with Crippen LogP contribution in [0.15, 0.2) is 18.2 Å². The Morgan fingerprint density at radius 1 is 1.29 bits per heavy atom. The monoisotopic (exact) mass is 291 g/mol. The third-order valence-corrected chi connectivity index (χ3v) is 3.94. The Kier molecular flexibility index (Phi) is 4.25. The molecule has 0 unspecified atom stereocenters. The van der Waals surface area contributed by atoms with Gasteiger partial charge in [0.2, 0.25) is 5.91 Å². The number of hydrogen-bond donors (Lipinski definition) is 2. The minimum absolute atomic E-state index is 0.266. The van der Waals surface area contributed by atoms with E-state index in [0.717, 1.165) is 0 Å². The van der Waals surface area contributed by atoms with Crippen molar-refractivity contribution in [3.8, 4) is 0 Å². The van der Waals surface area contributed by atoms with Crippen molar-refractivity contribution in [1.82, 2.24) is 4.98 Å². The number of rotatable bonds is 5. The lowest BCUT2D eigenvalue weighted by Crippen LogP contribution is -2.41. The smallest absolute Gasteiger partial charge is 0.398 e. The normalized spacial score (nSPS) is 19.5. The third kappa shape index (κ3) is 3.54. The summed E-state index contributed by atoms with van der Waals surface area (Å²) >= 11 is 0. The summed E-state index contributed by atoms with van der Waals surface area (Å²) in [6.45, 7) is 8.46. The molecule has 0 radical (unpaired) electrons. The summed E-state index contributed by atoms with van der Waals surface area (Å²) < 4.78 is 11.9. The number of nitrogens with two attached hydrogens (primary N) is 1. The molecule has 0 aromatic carbocycles. The van der Waals surface area contributed by atoms with Gasteiger partial charge in [-0.2, -0.15) is 0 Å². The molecular formula is C14H22BN3O3. The standard InChI is InChI=1S/C14H22BN3O3/c1-13(2)14(3,4)21-15(20-13)10-6-5-7-12(18-10)17-9-8-11(16)19/h5-7H,8-9H2,1-4H3,(H2,16,19)(H,17,18). The Balaban J connectivity index is 2.07. The van der Waals surface area contributed by atoms with Crippen molar-refractivity contribution in [2.75, 3.05) is 11.9 Å². The van der Waals surface area contributed by atoms with Crippen molar-refractivity contribution in [2.24, 2.45) is 5.73 Å². The molecule has 0 spiro atoms. The molecule has 1 aromatic rings. The molecular weight excluding hydrogens is 269 g/mol. The van der Waals surface area contributed by atoms with Crippen LogP contribution in [0.25, 0.3) is 0 Å². The SMILES string of the molecule is CC1(C)OB(c2cccc(NCCC(N)=O)n2)OC1(C)C. The van der Waals surface area contributed by atoms with Crippen molar-refractivity contribution in [3.63, 3.8) is 0 Å². The van der Waals surface area contributed by atoms with E-state index < -0.39 is 18.3 Å². The first-order valence-corrected chi connectivity index (χ1v) is 7.06. The van der Waals surface area contributed by atoms with Crippen LogP contribution < -0.4 is 16.6 Å². The first kappa shape index (κ1) is 15.8. The highest BCUT2D eigenvalue weighted by Crippen LogP contribution is 2.36. The highest BCUT2D eigenvalue weighted by atomic mass is 16.7. The average Bonchev–Trinajstić information content (AvgIpc) is 2.58. The Hall–Kier alpha value is -1.60. The van der Waals surface area contributed by atoms with E-state index >= 15 is 0 Å². The zero-order valence-corrected chi connectivity index (χ0v) is 13.0. The van der Waals surface area contributed by atoms with Gasteiger partial charge in [-0.05, 0) is 39.8 Å². The van der Waals surface area contributed by atoms with E-state index in [4.69, 9.17) is 15.0 Å². The Morgan fingerprint density at radius 2 is 1.90 bits per heavy atom. The molecule has 1 aliphatic heterocycles. The van der Waals surface area contributed by atoms with E-state index in [2.05, 4.69) is 10.3 Å². The fourth-order valence-corrected chi connectivity index (χ4v) is 1.96. The van der Waals surface area contributed by atoms with Crippen LogP contribution in [0, 0.1) is 0 Å². The first-order valence-electron chi connectivity index (χ1n) is 7.06. The maximum atomic E-state index is 10.7. The van der Waals surface area contributed by atoms with Crippen LogP contribution in [-0.4, -0.2) is 35.8 Å². The van der Waals surface area contributed by atoms with Crippen LogP contribution in [0.1, 0.15) is 34.1 Å². The molecule has 0 aliphatic carbocycles. The van der Waals surface area contributed by atoms with E-state index in [1.807, 2.05) is 45.9 Å². The Labute approximate surface area is 125 Å². The number of nitrogens with one attached hydrogen (secondary N) is 1. The molecule has 1 aromatic heterocycles. The van der Waals surface area contributed by atoms with Gasteiger partial charge in [0.15, 0.2) is 0 Å². The second-order valence-electron chi connectivity index (χ2n) is 6.18. The number of aromatic nitrogens is 1. The van der Waals surface area contributed by atoms with Crippen molar-refractivity contribution in [2.45, 2.75) is 45.3 Å². The minimum atomic E-state index is -0.493. The Bertz CT molecular complexity index is 518. The zero-order valence-electron chi connectivity index (χ0n) is 13.0. The number of pyridine rings is 1. The summed E-state index contributed by atoms with van der Waals surface area (Å²) in [7, 11) is -0.493. The summed E-state index contributed by atoms with van der Waals surface area (Å²) in [5.74, 6) is 0.327. The van der Waals surface area contributed by atoms with E-state index in [0.29, 0.717) is 18.0 Å². The molecule has 2 heterocycles. The lowest BCUT2D eigenvalue weighted by Gasteiger charge is -2.32. The third-order valence-electron chi connectivity index (χ3n) is 3.94. The summed E-state index contributed by atoms with van der Waals surface area (Å²) in [6.07, 6.45) is 0.266. The number of primary amides is 1. The molecule has 1 fully saturated rings. The summed E-state index contributed by atoms with van der Waals surface area (Å²) in [5.41, 5.74) is 5.02. The average molecular weight is 291 g/mol. The molecule has 2 rings (SSSR count). The maximum absolute atomic E-state index is 10.7. The van der Waals surface area contributed by atoms with Crippen molar-refractivity contribution in [1.29, 1.82) is 0 Å². The van der Waals surface area contributed by atoms with Gasteiger partial charge < -0.3 is 20.4 Å². The molecule has 7 heteroatoms. The summed E-state index contributed by atoms with van der Waals surface area (Å²) in [5, 5.41) is 3.06. The molecule has 1 amide bonds. The molecule has 21 heavy (non-hydrogen) atoms. The Morgan fingerprint density at radius 3 is 2.48 bits per heavy atom. The molecule has 0 atom stereocenters. The summed E-state index contributed by atoms with van der Waals surface area (Å²) in [6, 6.07) is 5.57. The van der Waals surface area contributed by atoms with Crippen molar-refractivity contribution < 1.29 is 14.1 Å². The molecule has 6 nitrogen and oxygen atoms in total. The minimum Gasteiger partial charge on any atom is -0.398 e. The summed E-state index contributed by atoms with van der Waals surface area (Å²) in [4.78, 5) is 15.2. The molecule has 1 saturated heterocycles. The predicted molar refractivity (Wildman–Crippen MR) is 82.3 cm³/mol. The fourth-order valence-electron chi connectivity index (χ4n) is 1.96. The number of carbonyl (C=O) groups excluding carboxylic acids is 1. The molecule has 3 N–H and O–H groups in total. The number of carbonyl (C=O) groups is 1. The van der Waals surface area contributed by atoms with Gasteiger partial charge in [0.1, 0.15) is 5.82 Å². The number of amides is 1. The van der Waals surface area contributed by atoms with Gasteiger partial charge in [-0.1, -0.05) is 6.07 Å². The van der Waals surface area contributed by atoms with Gasteiger partial charge in [0.25, 0.3) is 0 Å². The second-order valence-corrected chi connectivity index (χ2v) is 6.18. The quantitative estimate of drug-likeness (QED) is 0.779. The van der Waals surface area contributed by atoms with Crippen LogP contribution in [0.3, 0.4) is 0 Å². The van der Waals surface area contributed by atoms with Crippen LogP contribution in [0.4, 0.5) is 5.82 Å². The van der Waals surface area contributed by atoms with Crippen LogP contribution in [-0.2, 0) is 14.1 Å². The fraction of sp³-hybridized carbons (Fsp3) is 0.571. The number of anilines is 1. The van der Waals surface area contributed by atoms with E-state index in [1.165, 1.54) is 0 Å². The predicted octanol–water partition coefficient (Wildman–Crippen LogP) is 0.668. The highest BCUT2D eigenvalue weighted by molar-refractivity contribution is 6.61. The van der Waals surface area contributed by atoms with E-state index in [-0.39, 0.29) is 12.3 Å². The first-order chi connectivity index (χ1) is 9.71. The van der Waals surface area contributed by atoms with E-state index in [1.54, 1.807) is 0 Å². The lowest BCUT2D eigenvalue weighted by atomic mass is 9.84. The maximum Gasteiger partial charge on any atom is 0.514 e. The molecule has 1 aliphatic rings. The molecule has 0 bridgehead atoms. The number of nitrogens with zero attached hydrogens (tertiary/aromatic N) is 1. The molecule has 0 saturated carbocycles.